The summed E-state index contributed by atoms with van der Waals surface area (Å²) in [5.41, 5.74) is -0.614. The summed E-state index contributed by atoms with van der Waals surface area (Å²) < 4.78 is 12.4. The van der Waals surface area contributed by atoms with E-state index in [0.29, 0.717) is 24.9 Å². The lowest BCUT2D eigenvalue weighted by Crippen LogP contribution is -2.59. The van der Waals surface area contributed by atoms with Gasteiger partial charge in [0.2, 0.25) is 11.8 Å². The molecule has 3 fully saturated rings. The number of anilines is 1. The van der Waals surface area contributed by atoms with Gasteiger partial charge in [-0.3, -0.25) is 19.2 Å². The average Bonchev–Trinajstić information content (AvgIpc) is 3.69. The zero-order chi connectivity index (χ0) is 33.2. The second-order valence-corrected chi connectivity index (χ2v) is 12.9. The van der Waals surface area contributed by atoms with E-state index in [1.165, 1.54) is 4.90 Å². The molecule has 7 atom stereocenters. The Balaban J connectivity index is 1.47. The fraction of sp³-hybridized carbons (Fsp3) is 0.500. The lowest BCUT2D eigenvalue weighted by molar-refractivity contribution is -0.160. The summed E-state index contributed by atoms with van der Waals surface area (Å²) in [5.74, 6) is -3.55. The van der Waals surface area contributed by atoms with Gasteiger partial charge in [-0.2, -0.15) is 0 Å². The highest BCUT2D eigenvalue weighted by molar-refractivity contribution is 6.05. The maximum atomic E-state index is 14.8. The Hall–Kier alpha value is -4.02. The van der Waals surface area contributed by atoms with Crippen molar-refractivity contribution in [2.75, 3.05) is 24.6 Å². The molecule has 3 saturated heterocycles. The predicted molar refractivity (Wildman–Crippen MR) is 175 cm³/mol. The Morgan fingerprint density at radius 3 is 2.57 bits per heavy atom. The van der Waals surface area contributed by atoms with E-state index in [9.17, 15) is 24.3 Å². The molecule has 2 bridgehead atoms. The molecule has 0 radical (unpaired) electrons. The van der Waals surface area contributed by atoms with Gasteiger partial charge in [0, 0.05) is 18.7 Å². The molecule has 2 aromatic rings. The normalized spacial score (nSPS) is 26.1. The van der Waals surface area contributed by atoms with Crippen LogP contribution >= 0.6 is 0 Å². The summed E-state index contributed by atoms with van der Waals surface area (Å²) >= 11 is 0. The first-order chi connectivity index (χ1) is 22.1. The maximum absolute atomic E-state index is 14.8. The zero-order valence-corrected chi connectivity index (χ0v) is 26.9. The van der Waals surface area contributed by atoms with E-state index in [1.54, 1.807) is 24.0 Å². The quantitative estimate of drug-likeness (QED) is 0.240. The summed E-state index contributed by atoms with van der Waals surface area (Å²) in [6.45, 7) is 12.9. The first-order valence-corrected chi connectivity index (χ1v) is 16.2. The van der Waals surface area contributed by atoms with Crippen LogP contribution in [0, 0.1) is 17.8 Å². The summed E-state index contributed by atoms with van der Waals surface area (Å²) in [6, 6.07) is 11.9. The maximum Gasteiger partial charge on any atom is 0.312 e. The Morgan fingerprint density at radius 1 is 1.15 bits per heavy atom. The van der Waals surface area contributed by atoms with Crippen molar-refractivity contribution in [2.24, 2.45) is 17.8 Å². The molecule has 0 saturated carbocycles. The number of likely N-dealkylation sites (tertiary alicyclic amines) is 1. The van der Waals surface area contributed by atoms with E-state index in [1.807, 2.05) is 56.3 Å². The summed E-state index contributed by atoms with van der Waals surface area (Å²) in [4.78, 5) is 58.2. The Morgan fingerprint density at radius 2 is 1.89 bits per heavy atom. The van der Waals surface area contributed by atoms with Gasteiger partial charge < -0.3 is 29.7 Å². The molecule has 0 unspecified atom stereocenters. The molecule has 5 rings (SSSR count). The van der Waals surface area contributed by atoms with Crippen LogP contribution in [-0.2, 0) is 28.7 Å². The number of carbonyl (C=O) groups is 4. The Labute approximate surface area is 270 Å². The lowest BCUT2D eigenvalue weighted by Gasteiger charge is -2.40. The van der Waals surface area contributed by atoms with Crippen molar-refractivity contribution in [1.82, 2.24) is 10.2 Å². The van der Waals surface area contributed by atoms with Gasteiger partial charge in [-0.1, -0.05) is 56.3 Å². The summed E-state index contributed by atoms with van der Waals surface area (Å²) in [7, 11) is 0. The number of hydrogen-bond acceptors (Lipinski definition) is 7. The van der Waals surface area contributed by atoms with Crippen LogP contribution in [0.1, 0.15) is 46.5 Å². The minimum atomic E-state index is -1.26. The first kappa shape index (κ1) is 33.3. The van der Waals surface area contributed by atoms with Crippen molar-refractivity contribution in [3.05, 3.63) is 67.8 Å². The molecule has 3 aliphatic rings. The van der Waals surface area contributed by atoms with Crippen molar-refractivity contribution >= 4 is 40.2 Å². The van der Waals surface area contributed by atoms with Crippen molar-refractivity contribution < 1.29 is 33.8 Å². The number of nitrogens with zero attached hydrogens (tertiary/aromatic N) is 2. The van der Waals surface area contributed by atoms with Crippen LogP contribution in [0.15, 0.2) is 67.8 Å². The van der Waals surface area contributed by atoms with Gasteiger partial charge in [-0.25, -0.2) is 0 Å². The molecule has 0 aromatic heterocycles. The molecule has 3 amide bonds. The van der Waals surface area contributed by atoms with Crippen LogP contribution in [0.4, 0.5) is 5.69 Å². The zero-order valence-electron chi connectivity index (χ0n) is 26.9. The second kappa shape index (κ2) is 13.8. The van der Waals surface area contributed by atoms with Gasteiger partial charge in [0.25, 0.3) is 5.91 Å². The number of benzene rings is 2. The van der Waals surface area contributed by atoms with Gasteiger partial charge >= 0.3 is 5.97 Å². The van der Waals surface area contributed by atoms with E-state index < -0.39 is 53.6 Å². The highest BCUT2D eigenvalue weighted by Crippen LogP contribution is 2.59. The number of hydrogen-bond donors (Lipinski definition) is 2. The van der Waals surface area contributed by atoms with Crippen molar-refractivity contribution in [2.45, 2.75) is 76.3 Å². The number of aliphatic hydroxyl groups excluding tert-OH is 1. The number of allylic oxidation sites excluding steroid dienone is 1. The molecule has 10 nitrogen and oxygen atoms in total. The number of rotatable bonds is 14. The third kappa shape index (κ3) is 5.96. The fourth-order valence-electron chi connectivity index (χ4n) is 7.46. The van der Waals surface area contributed by atoms with Crippen LogP contribution in [0.25, 0.3) is 10.8 Å². The Bertz CT molecular complexity index is 1510. The molecule has 10 heteroatoms. The lowest BCUT2D eigenvalue weighted by atomic mass is 9.70. The third-order valence-corrected chi connectivity index (χ3v) is 9.66. The van der Waals surface area contributed by atoms with Crippen molar-refractivity contribution in [3.8, 4) is 0 Å². The van der Waals surface area contributed by atoms with Crippen LogP contribution in [0.3, 0.4) is 0 Å². The molecule has 3 aliphatic heterocycles. The third-order valence-electron chi connectivity index (χ3n) is 9.66. The minimum Gasteiger partial charge on any atom is -0.460 e. The van der Waals surface area contributed by atoms with E-state index >= 15 is 0 Å². The number of fused-ring (bicyclic) bond motifs is 2. The van der Waals surface area contributed by atoms with E-state index in [4.69, 9.17) is 9.47 Å². The van der Waals surface area contributed by atoms with Gasteiger partial charge in [0.15, 0.2) is 0 Å². The summed E-state index contributed by atoms with van der Waals surface area (Å²) in [5, 5.41) is 15.3. The largest absolute Gasteiger partial charge is 0.460 e. The smallest absolute Gasteiger partial charge is 0.312 e. The predicted octanol–water partition coefficient (Wildman–Crippen LogP) is 3.76. The monoisotopic (exact) mass is 631 g/mol. The molecule has 246 valence electrons. The van der Waals surface area contributed by atoms with Crippen LogP contribution in [0.2, 0.25) is 0 Å². The van der Waals surface area contributed by atoms with Gasteiger partial charge in [0.05, 0.1) is 37.1 Å². The number of esters is 1. The SMILES string of the molecule is C=CCCC(=O)NC[C@H](C)OC(=O)[C@@H]1[C@@H]2CC[C@]3(O2)[C@H](C(=O)N(CC=C)c2ccc4ccccc4c2)N([C@@H](CO)C(C)C)C(=O)[C@@H]13. The van der Waals surface area contributed by atoms with Gasteiger partial charge in [-0.05, 0) is 55.0 Å². The highest BCUT2D eigenvalue weighted by atomic mass is 16.6. The first-order valence-electron chi connectivity index (χ1n) is 16.2. The summed E-state index contributed by atoms with van der Waals surface area (Å²) in [6.07, 6.45) is 3.79. The molecule has 1 spiro atoms. The van der Waals surface area contributed by atoms with Crippen LogP contribution < -0.4 is 10.2 Å². The van der Waals surface area contributed by atoms with E-state index in [-0.39, 0.29) is 43.8 Å². The van der Waals surface area contributed by atoms with Crippen LogP contribution in [-0.4, -0.2) is 83.3 Å². The number of aliphatic hydroxyl groups is 1. The molecular weight excluding hydrogens is 586 g/mol. The molecule has 2 aromatic carbocycles. The van der Waals surface area contributed by atoms with E-state index in [2.05, 4.69) is 18.5 Å². The standard InChI is InChI=1S/C36H45N3O7/c1-6-8-13-29(41)37-20-23(5)45-35(44)30-28-16-17-36(46-28)31(30)33(42)39(27(21-40)22(3)4)32(36)34(43)38(18-7-2)26-15-14-24-11-9-10-12-25(24)19-26/h6-7,9-12,14-15,19,22-23,27-28,30-32,40H,1-2,8,13,16-18,20-21H2,3-5H3,(H,37,41)/t23-,27-,28-,30+,31+,32-,36+/m0/s1. The number of nitrogens with one attached hydrogen (secondary N) is 1. The van der Waals surface area contributed by atoms with E-state index in [0.717, 1.165) is 10.8 Å². The van der Waals surface area contributed by atoms with Gasteiger partial charge in [0.1, 0.15) is 17.7 Å². The van der Waals surface area contributed by atoms with Crippen molar-refractivity contribution in [3.63, 3.8) is 0 Å². The number of ether oxygens (including phenoxy) is 2. The number of carbonyl (C=O) groups excluding carboxylic acids is 4. The Kier molecular flexibility index (Phi) is 9.98. The molecule has 2 N–H and O–H groups in total. The van der Waals surface area contributed by atoms with Gasteiger partial charge in [-0.15, -0.1) is 13.2 Å². The average molecular weight is 632 g/mol. The molecular formula is C36H45N3O7. The minimum absolute atomic E-state index is 0.124. The van der Waals surface area contributed by atoms with Crippen LogP contribution in [0.5, 0.6) is 0 Å². The molecule has 3 heterocycles. The number of amides is 3. The highest BCUT2D eigenvalue weighted by Gasteiger charge is 2.75. The fourth-order valence-corrected chi connectivity index (χ4v) is 7.46. The molecule has 0 aliphatic carbocycles. The molecule has 46 heavy (non-hydrogen) atoms. The topological polar surface area (TPSA) is 125 Å². The van der Waals surface area contributed by atoms with Crippen molar-refractivity contribution in [1.29, 1.82) is 0 Å². The second-order valence-electron chi connectivity index (χ2n) is 12.9.